The summed E-state index contributed by atoms with van der Waals surface area (Å²) in [5.74, 6) is -0.0793. The van der Waals surface area contributed by atoms with E-state index in [1.54, 1.807) is 42.7 Å². The van der Waals surface area contributed by atoms with Gasteiger partial charge in [0.25, 0.3) is 5.91 Å². The zero-order valence-electron chi connectivity index (χ0n) is 17.9. The van der Waals surface area contributed by atoms with Gasteiger partial charge in [-0.3, -0.25) is 14.6 Å². The van der Waals surface area contributed by atoms with E-state index in [9.17, 15) is 9.59 Å². The Bertz CT molecular complexity index is 1240. The van der Waals surface area contributed by atoms with Crippen LogP contribution < -0.4 is 16.4 Å². The minimum atomic E-state index is -0.312. The Balaban J connectivity index is 1.36. The Morgan fingerprint density at radius 2 is 1.55 bits per heavy atom. The van der Waals surface area contributed by atoms with Gasteiger partial charge in [-0.05, 0) is 47.5 Å². The molecule has 0 saturated carbocycles. The van der Waals surface area contributed by atoms with Gasteiger partial charge in [0.1, 0.15) is 0 Å². The molecule has 0 atom stereocenters. The first-order valence-corrected chi connectivity index (χ1v) is 10.5. The average Bonchev–Trinajstić information content (AvgIpc) is 2.85. The van der Waals surface area contributed by atoms with Gasteiger partial charge < -0.3 is 16.4 Å². The number of pyridine rings is 2. The molecule has 4 aromatic rings. The Labute approximate surface area is 191 Å². The molecule has 0 aliphatic rings. The molecule has 7 heteroatoms. The molecular formula is C26H23N5O2. The number of carbonyl (C=O) groups excluding carboxylic acids is 2. The number of hydrogen-bond donors (Lipinski definition) is 3. The van der Waals surface area contributed by atoms with Gasteiger partial charge in [0, 0.05) is 30.1 Å². The first kappa shape index (κ1) is 21.7. The van der Waals surface area contributed by atoms with Crippen LogP contribution in [0.15, 0.2) is 91.3 Å². The van der Waals surface area contributed by atoms with Crippen molar-refractivity contribution in [2.45, 2.75) is 13.0 Å². The summed E-state index contributed by atoms with van der Waals surface area (Å²) >= 11 is 0. The molecule has 2 amide bonds. The summed E-state index contributed by atoms with van der Waals surface area (Å²) in [4.78, 5) is 33.3. The van der Waals surface area contributed by atoms with Crippen LogP contribution in [0.5, 0.6) is 0 Å². The highest BCUT2D eigenvalue weighted by atomic mass is 16.2. The van der Waals surface area contributed by atoms with Crippen LogP contribution in [0, 0.1) is 0 Å². The molecule has 7 nitrogen and oxygen atoms in total. The number of nitrogens with one attached hydrogen (secondary N) is 2. The van der Waals surface area contributed by atoms with E-state index in [0.717, 1.165) is 22.4 Å². The molecule has 2 aromatic carbocycles. The van der Waals surface area contributed by atoms with Crippen molar-refractivity contribution in [3.05, 3.63) is 108 Å². The fourth-order valence-electron chi connectivity index (χ4n) is 3.24. The van der Waals surface area contributed by atoms with E-state index in [1.807, 2.05) is 48.5 Å². The fraction of sp³-hybridized carbons (Fsp3) is 0.0769. The van der Waals surface area contributed by atoms with Crippen molar-refractivity contribution >= 4 is 23.3 Å². The Kier molecular flexibility index (Phi) is 6.70. The molecule has 4 N–H and O–H groups in total. The van der Waals surface area contributed by atoms with E-state index in [-0.39, 0.29) is 11.8 Å². The third kappa shape index (κ3) is 5.80. The lowest BCUT2D eigenvalue weighted by Crippen LogP contribution is -2.24. The summed E-state index contributed by atoms with van der Waals surface area (Å²) in [6.45, 7) is 0.374. The summed E-state index contributed by atoms with van der Waals surface area (Å²) in [5.41, 5.74) is 10.3. The molecule has 0 spiro atoms. The Hall–Kier alpha value is -4.52. The molecule has 0 saturated heterocycles. The van der Waals surface area contributed by atoms with E-state index in [2.05, 4.69) is 20.6 Å². The predicted octanol–water partition coefficient (Wildman–Crippen LogP) is 3.84. The number of anilines is 2. The minimum Gasteiger partial charge on any atom is -0.396 e. The van der Waals surface area contributed by atoms with Gasteiger partial charge >= 0.3 is 0 Å². The maximum atomic E-state index is 12.7. The third-order valence-electron chi connectivity index (χ3n) is 5.05. The molecule has 33 heavy (non-hydrogen) atoms. The normalized spacial score (nSPS) is 10.4. The molecule has 0 aliphatic carbocycles. The Morgan fingerprint density at radius 3 is 2.27 bits per heavy atom. The summed E-state index contributed by atoms with van der Waals surface area (Å²) in [6, 6.07) is 23.8. The summed E-state index contributed by atoms with van der Waals surface area (Å²) in [5, 5.41) is 5.66. The number of nitrogens with zero attached hydrogens (tertiary/aromatic N) is 2. The van der Waals surface area contributed by atoms with E-state index in [0.29, 0.717) is 30.0 Å². The van der Waals surface area contributed by atoms with Gasteiger partial charge in [-0.25, -0.2) is 4.98 Å². The van der Waals surface area contributed by atoms with Crippen molar-refractivity contribution < 1.29 is 9.59 Å². The van der Waals surface area contributed by atoms with E-state index in [4.69, 9.17) is 5.73 Å². The zero-order chi connectivity index (χ0) is 23.0. The summed E-state index contributed by atoms with van der Waals surface area (Å²) in [6.07, 6.45) is 3.61. The number of amides is 2. The number of nitrogens with two attached hydrogens (primary N) is 1. The number of carbonyl (C=O) groups is 2. The van der Waals surface area contributed by atoms with Crippen molar-refractivity contribution in [2.75, 3.05) is 11.1 Å². The lowest BCUT2D eigenvalue weighted by atomic mass is 10.1. The quantitative estimate of drug-likeness (QED) is 0.407. The molecule has 164 valence electrons. The molecule has 2 aromatic heterocycles. The van der Waals surface area contributed by atoms with Gasteiger partial charge in [0.15, 0.2) is 5.82 Å². The molecule has 0 radical (unpaired) electrons. The average molecular weight is 438 g/mol. The first-order chi connectivity index (χ1) is 16.1. The second kappa shape index (κ2) is 10.2. The smallest absolute Gasteiger partial charge is 0.256 e. The molecule has 0 bridgehead atoms. The highest BCUT2D eigenvalue weighted by molar-refractivity contribution is 6.05. The van der Waals surface area contributed by atoms with Gasteiger partial charge in [0.2, 0.25) is 5.91 Å². The second-order valence-electron chi connectivity index (χ2n) is 7.46. The molecule has 4 rings (SSSR count). The van der Waals surface area contributed by atoms with Crippen LogP contribution in [0.3, 0.4) is 0 Å². The number of hydrogen-bond acceptors (Lipinski definition) is 5. The van der Waals surface area contributed by atoms with Crippen LogP contribution in [0.2, 0.25) is 0 Å². The van der Waals surface area contributed by atoms with E-state index in [1.165, 1.54) is 0 Å². The molecule has 0 unspecified atom stereocenters. The fourth-order valence-corrected chi connectivity index (χ4v) is 3.24. The summed E-state index contributed by atoms with van der Waals surface area (Å²) in [7, 11) is 0. The van der Waals surface area contributed by atoms with Gasteiger partial charge in [-0.15, -0.1) is 0 Å². The number of aromatic nitrogens is 2. The van der Waals surface area contributed by atoms with Crippen molar-refractivity contribution in [1.82, 2.24) is 15.3 Å². The van der Waals surface area contributed by atoms with Crippen molar-refractivity contribution in [3.63, 3.8) is 0 Å². The van der Waals surface area contributed by atoms with Crippen LogP contribution in [0.4, 0.5) is 11.5 Å². The maximum Gasteiger partial charge on any atom is 0.256 e. The first-order valence-electron chi connectivity index (χ1n) is 10.5. The van der Waals surface area contributed by atoms with Crippen molar-refractivity contribution in [3.8, 4) is 11.3 Å². The van der Waals surface area contributed by atoms with Crippen LogP contribution >= 0.6 is 0 Å². The SMILES string of the molecule is Nc1ccc(-c2ccccc2)nc1NC(=O)c1ccc(CNC(=O)Cc2ccncc2)cc1. The number of nitrogen functional groups attached to an aromatic ring is 1. The van der Waals surface area contributed by atoms with E-state index >= 15 is 0 Å². The number of benzene rings is 2. The monoisotopic (exact) mass is 437 g/mol. The van der Waals surface area contributed by atoms with Crippen LogP contribution in [-0.4, -0.2) is 21.8 Å². The Morgan fingerprint density at radius 1 is 0.818 bits per heavy atom. The minimum absolute atomic E-state index is 0.0807. The van der Waals surface area contributed by atoms with Crippen LogP contribution in [-0.2, 0) is 17.8 Å². The largest absolute Gasteiger partial charge is 0.396 e. The molecule has 2 heterocycles. The maximum absolute atomic E-state index is 12.7. The van der Waals surface area contributed by atoms with Crippen LogP contribution in [0.25, 0.3) is 11.3 Å². The lowest BCUT2D eigenvalue weighted by molar-refractivity contribution is -0.120. The third-order valence-corrected chi connectivity index (χ3v) is 5.05. The second-order valence-corrected chi connectivity index (χ2v) is 7.46. The standard InChI is InChI=1S/C26H23N5O2/c27-22-10-11-23(20-4-2-1-3-5-20)30-25(22)31-26(33)21-8-6-19(7-9-21)17-29-24(32)16-18-12-14-28-15-13-18/h1-15H,16-17,27H2,(H,29,32)(H,30,31,33). The van der Waals surface area contributed by atoms with Gasteiger partial charge in [0.05, 0.1) is 17.8 Å². The van der Waals surface area contributed by atoms with Crippen molar-refractivity contribution in [2.24, 2.45) is 0 Å². The van der Waals surface area contributed by atoms with Gasteiger partial charge in [-0.2, -0.15) is 0 Å². The van der Waals surface area contributed by atoms with Crippen molar-refractivity contribution in [1.29, 1.82) is 0 Å². The highest BCUT2D eigenvalue weighted by Crippen LogP contribution is 2.23. The predicted molar refractivity (Wildman–Crippen MR) is 128 cm³/mol. The zero-order valence-corrected chi connectivity index (χ0v) is 17.9. The number of rotatable bonds is 7. The van der Waals surface area contributed by atoms with Crippen LogP contribution in [0.1, 0.15) is 21.5 Å². The van der Waals surface area contributed by atoms with Gasteiger partial charge in [-0.1, -0.05) is 42.5 Å². The highest BCUT2D eigenvalue weighted by Gasteiger charge is 2.11. The lowest BCUT2D eigenvalue weighted by Gasteiger charge is -2.10. The van der Waals surface area contributed by atoms with E-state index < -0.39 is 0 Å². The topological polar surface area (TPSA) is 110 Å². The molecule has 0 aliphatic heterocycles. The summed E-state index contributed by atoms with van der Waals surface area (Å²) < 4.78 is 0. The molecule has 0 fully saturated rings. The molecular weight excluding hydrogens is 414 g/mol.